The average Bonchev–Trinajstić information content (AvgIpc) is 2.79. The van der Waals surface area contributed by atoms with E-state index in [0.717, 1.165) is 12.1 Å². The van der Waals surface area contributed by atoms with Gasteiger partial charge >= 0.3 is 0 Å². The van der Waals surface area contributed by atoms with Gasteiger partial charge in [-0.1, -0.05) is 55.8 Å². The van der Waals surface area contributed by atoms with Crippen molar-refractivity contribution in [3.8, 4) is 0 Å². The molecule has 10 heteroatoms. The molecular weight excluding hydrogens is 469 g/mol. The number of benzene rings is 2. The fraction of sp³-hybridized carbons (Fsp3) is 0.391. The van der Waals surface area contributed by atoms with E-state index >= 15 is 0 Å². The fourth-order valence-corrected chi connectivity index (χ4v) is 5.34. The first-order valence-corrected chi connectivity index (χ1v) is 12.5. The number of halogens is 2. The summed E-state index contributed by atoms with van der Waals surface area (Å²) in [5, 5.41) is 2.56. The van der Waals surface area contributed by atoms with Crippen molar-refractivity contribution in [2.45, 2.75) is 31.2 Å². The molecule has 2 aromatic rings. The Balaban J connectivity index is 1.72. The van der Waals surface area contributed by atoms with Crippen molar-refractivity contribution in [2.75, 3.05) is 26.2 Å². The smallest absolute Gasteiger partial charge is 0.249 e. The molecule has 7 nitrogen and oxygen atoms in total. The van der Waals surface area contributed by atoms with Crippen LogP contribution in [0.3, 0.4) is 0 Å². The second kappa shape index (κ2) is 10.6. The Hall–Kier alpha value is -2.49. The molecule has 0 saturated carbocycles. The number of amides is 2. The quantitative estimate of drug-likeness (QED) is 0.639. The number of sulfonamides is 1. The standard InChI is InChI=1S/C23H27ClFN3O4S/c1-16(2)14-21(29)26-22(17-6-4-3-5-7-17)23(30)27-10-12-28(13-11-27)33(31,32)18-8-9-20(25)19(24)15-18/h3-9,15-16,22H,10-14H2,1-2H3,(H,26,29). The largest absolute Gasteiger partial charge is 0.341 e. The number of carbonyl (C=O) groups is 2. The minimum absolute atomic E-state index is 0.0739. The van der Waals surface area contributed by atoms with Crippen molar-refractivity contribution in [3.63, 3.8) is 0 Å². The fourth-order valence-electron chi connectivity index (χ4n) is 3.64. The summed E-state index contributed by atoms with van der Waals surface area (Å²) in [6, 6.07) is 11.4. The van der Waals surface area contributed by atoms with E-state index in [1.807, 2.05) is 19.9 Å². The minimum Gasteiger partial charge on any atom is -0.341 e. The molecule has 1 heterocycles. The third kappa shape index (κ3) is 6.10. The summed E-state index contributed by atoms with van der Waals surface area (Å²) in [5.41, 5.74) is 0.663. The maximum Gasteiger partial charge on any atom is 0.249 e. The normalized spacial score (nSPS) is 16.0. The van der Waals surface area contributed by atoms with Gasteiger partial charge in [0.25, 0.3) is 0 Å². The zero-order chi connectivity index (χ0) is 24.2. The molecule has 2 aromatic carbocycles. The molecule has 3 rings (SSSR count). The highest BCUT2D eigenvalue weighted by Crippen LogP contribution is 2.24. The zero-order valence-electron chi connectivity index (χ0n) is 18.5. The number of nitrogens with zero attached hydrogens (tertiary/aromatic N) is 2. The van der Waals surface area contributed by atoms with Crippen LogP contribution in [0.1, 0.15) is 31.9 Å². The molecule has 1 saturated heterocycles. The van der Waals surface area contributed by atoms with Gasteiger partial charge in [-0.3, -0.25) is 9.59 Å². The van der Waals surface area contributed by atoms with Crippen LogP contribution in [-0.2, 0) is 19.6 Å². The maximum atomic E-state index is 13.4. The molecule has 0 spiro atoms. The Morgan fingerprint density at radius 3 is 2.27 bits per heavy atom. The maximum absolute atomic E-state index is 13.4. The summed E-state index contributed by atoms with van der Waals surface area (Å²) in [5.74, 6) is -1.07. The summed E-state index contributed by atoms with van der Waals surface area (Å²) in [6.45, 7) is 4.32. The van der Waals surface area contributed by atoms with Gasteiger partial charge < -0.3 is 10.2 Å². The summed E-state index contributed by atoms with van der Waals surface area (Å²) < 4.78 is 40.5. The Morgan fingerprint density at radius 1 is 1.06 bits per heavy atom. The highest BCUT2D eigenvalue weighted by molar-refractivity contribution is 7.89. The van der Waals surface area contributed by atoms with Crippen LogP contribution in [0.25, 0.3) is 0 Å². The van der Waals surface area contributed by atoms with Crippen LogP contribution in [0, 0.1) is 11.7 Å². The Labute approximate surface area is 198 Å². The number of hydrogen-bond donors (Lipinski definition) is 1. The number of nitrogens with one attached hydrogen (secondary N) is 1. The van der Waals surface area contributed by atoms with Gasteiger partial charge in [0.05, 0.1) is 9.92 Å². The third-order valence-electron chi connectivity index (χ3n) is 5.36. The van der Waals surface area contributed by atoms with Crippen molar-refractivity contribution in [2.24, 2.45) is 5.92 Å². The lowest BCUT2D eigenvalue weighted by Gasteiger charge is -2.36. The van der Waals surface area contributed by atoms with Gasteiger partial charge in [-0.15, -0.1) is 0 Å². The molecule has 1 aliphatic rings. The summed E-state index contributed by atoms with van der Waals surface area (Å²) in [4.78, 5) is 27.2. The van der Waals surface area contributed by atoms with E-state index in [-0.39, 0.29) is 53.8 Å². The second-order valence-corrected chi connectivity index (χ2v) is 10.7. The predicted octanol–water partition coefficient (Wildman–Crippen LogP) is 3.22. The zero-order valence-corrected chi connectivity index (χ0v) is 20.1. The van der Waals surface area contributed by atoms with Gasteiger partial charge in [0.15, 0.2) is 0 Å². The van der Waals surface area contributed by atoms with Crippen molar-refractivity contribution in [1.82, 2.24) is 14.5 Å². The van der Waals surface area contributed by atoms with E-state index in [2.05, 4.69) is 5.32 Å². The van der Waals surface area contributed by atoms with Crippen LogP contribution >= 0.6 is 11.6 Å². The SMILES string of the molecule is CC(C)CC(=O)NC(C(=O)N1CCN(S(=O)(=O)c2ccc(F)c(Cl)c2)CC1)c1ccccc1. The van der Waals surface area contributed by atoms with Gasteiger partial charge in [-0.05, 0) is 29.7 Å². The first kappa shape index (κ1) is 25.1. The lowest BCUT2D eigenvalue weighted by molar-refractivity contribution is -0.137. The molecule has 33 heavy (non-hydrogen) atoms. The van der Waals surface area contributed by atoms with Gasteiger partial charge in [0, 0.05) is 32.6 Å². The van der Waals surface area contributed by atoms with Crippen molar-refractivity contribution in [3.05, 3.63) is 64.9 Å². The number of piperazine rings is 1. The van der Waals surface area contributed by atoms with E-state index < -0.39 is 21.9 Å². The molecule has 0 radical (unpaired) electrons. The first-order valence-electron chi connectivity index (χ1n) is 10.7. The van der Waals surface area contributed by atoms with E-state index in [1.165, 1.54) is 10.4 Å². The summed E-state index contributed by atoms with van der Waals surface area (Å²) in [7, 11) is -3.88. The van der Waals surface area contributed by atoms with Crippen LogP contribution in [0.5, 0.6) is 0 Å². The van der Waals surface area contributed by atoms with Crippen LogP contribution in [0.15, 0.2) is 53.4 Å². The molecule has 1 N–H and O–H groups in total. The topological polar surface area (TPSA) is 86.8 Å². The molecule has 1 aliphatic heterocycles. The Morgan fingerprint density at radius 2 is 1.70 bits per heavy atom. The molecule has 1 fully saturated rings. The third-order valence-corrected chi connectivity index (χ3v) is 7.54. The Kier molecular flexibility index (Phi) is 8.10. The van der Waals surface area contributed by atoms with E-state index in [9.17, 15) is 22.4 Å². The molecule has 178 valence electrons. The van der Waals surface area contributed by atoms with Crippen LogP contribution in [0.4, 0.5) is 4.39 Å². The minimum atomic E-state index is -3.88. The van der Waals surface area contributed by atoms with E-state index in [1.54, 1.807) is 29.2 Å². The van der Waals surface area contributed by atoms with Gasteiger partial charge in [0.2, 0.25) is 21.8 Å². The molecule has 2 amide bonds. The molecule has 0 aliphatic carbocycles. The van der Waals surface area contributed by atoms with Gasteiger partial charge in [-0.25, -0.2) is 12.8 Å². The van der Waals surface area contributed by atoms with E-state index in [4.69, 9.17) is 11.6 Å². The summed E-state index contributed by atoms with van der Waals surface area (Å²) in [6.07, 6.45) is 0.295. The monoisotopic (exact) mass is 495 g/mol. The van der Waals surface area contributed by atoms with Crippen LogP contribution < -0.4 is 5.32 Å². The average molecular weight is 496 g/mol. The highest BCUT2D eigenvalue weighted by atomic mass is 35.5. The molecular formula is C23H27ClFN3O4S. The van der Waals surface area contributed by atoms with Crippen LogP contribution in [-0.4, -0.2) is 55.6 Å². The summed E-state index contributed by atoms with van der Waals surface area (Å²) >= 11 is 5.74. The molecule has 0 aromatic heterocycles. The lowest BCUT2D eigenvalue weighted by atomic mass is 10.0. The predicted molar refractivity (Wildman–Crippen MR) is 124 cm³/mol. The van der Waals surface area contributed by atoms with Crippen LogP contribution in [0.2, 0.25) is 5.02 Å². The highest BCUT2D eigenvalue weighted by Gasteiger charge is 2.34. The second-order valence-electron chi connectivity index (χ2n) is 8.31. The Bertz CT molecular complexity index is 1100. The molecule has 1 atom stereocenters. The lowest BCUT2D eigenvalue weighted by Crippen LogP contribution is -2.53. The number of carbonyl (C=O) groups excluding carboxylic acids is 2. The molecule has 0 bridgehead atoms. The first-order chi connectivity index (χ1) is 15.6. The number of hydrogen-bond acceptors (Lipinski definition) is 4. The van der Waals surface area contributed by atoms with Crippen molar-refractivity contribution in [1.29, 1.82) is 0 Å². The van der Waals surface area contributed by atoms with E-state index in [0.29, 0.717) is 12.0 Å². The molecule has 1 unspecified atom stereocenters. The van der Waals surface area contributed by atoms with Gasteiger partial charge in [-0.2, -0.15) is 4.31 Å². The number of rotatable bonds is 7. The van der Waals surface area contributed by atoms with Gasteiger partial charge in [0.1, 0.15) is 11.9 Å². The van der Waals surface area contributed by atoms with Crippen molar-refractivity contribution < 1.29 is 22.4 Å². The van der Waals surface area contributed by atoms with Crippen molar-refractivity contribution >= 4 is 33.4 Å².